The molecule has 3 atom stereocenters. The zero-order valence-corrected chi connectivity index (χ0v) is 22.2. The minimum Gasteiger partial charge on any atom is -0.490 e. The quantitative estimate of drug-likeness (QED) is 0.391. The third-order valence-electron chi connectivity index (χ3n) is 7.19. The fourth-order valence-electron chi connectivity index (χ4n) is 5.67. The summed E-state index contributed by atoms with van der Waals surface area (Å²) in [5, 5.41) is 0.529. The first-order chi connectivity index (χ1) is 17.7. The molecule has 3 unspecified atom stereocenters. The van der Waals surface area contributed by atoms with Crippen LogP contribution in [0.25, 0.3) is 16.0 Å². The van der Waals surface area contributed by atoms with Crippen molar-refractivity contribution in [3.63, 3.8) is 0 Å². The molecule has 2 aliphatic rings. The van der Waals surface area contributed by atoms with Crippen molar-refractivity contribution in [1.82, 2.24) is 4.98 Å². The van der Waals surface area contributed by atoms with E-state index in [1.54, 1.807) is 12.1 Å². The molecule has 1 aromatic heterocycles. The third-order valence-corrected chi connectivity index (χ3v) is 8.22. The van der Waals surface area contributed by atoms with E-state index < -0.39 is 5.60 Å². The molecule has 1 fully saturated rings. The highest BCUT2D eigenvalue weighted by atomic mass is 32.1. The summed E-state index contributed by atoms with van der Waals surface area (Å²) < 4.78 is 31.6. The number of nitrogen functional groups attached to an aromatic ring is 1. The fraction of sp³-hybridized carbons (Fsp3) is 0.379. The van der Waals surface area contributed by atoms with Crippen LogP contribution in [0.1, 0.15) is 49.4 Å². The molecule has 0 amide bonds. The number of ether oxygens (including phenoxy) is 3. The summed E-state index contributed by atoms with van der Waals surface area (Å²) >= 11 is 1.46. The Morgan fingerprint density at radius 3 is 2.65 bits per heavy atom. The van der Waals surface area contributed by atoms with Gasteiger partial charge in [0, 0.05) is 11.5 Å². The van der Waals surface area contributed by atoms with E-state index in [9.17, 15) is 9.18 Å². The summed E-state index contributed by atoms with van der Waals surface area (Å²) in [5.74, 6) is -0.506. The lowest BCUT2D eigenvalue weighted by atomic mass is 9.79. The number of halogens is 1. The zero-order valence-electron chi connectivity index (χ0n) is 21.4. The van der Waals surface area contributed by atoms with Crippen molar-refractivity contribution in [2.24, 2.45) is 5.92 Å². The number of methoxy groups -OCH3 is 1. The average molecular weight is 523 g/mol. The molecule has 1 aliphatic carbocycles. The van der Waals surface area contributed by atoms with E-state index in [4.69, 9.17) is 19.9 Å². The van der Waals surface area contributed by atoms with Crippen molar-refractivity contribution in [3.8, 4) is 16.2 Å². The summed E-state index contributed by atoms with van der Waals surface area (Å²) in [4.78, 5) is 18.2. The van der Waals surface area contributed by atoms with Crippen LogP contribution in [0.2, 0.25) is 0 Å². The van der Waals surface area contributed by atoms with E-state index in [-0.39, 0.29) is 29.7 Å². The van der Waals surface area contributed by atoms with Crippen LogP contribution in [-0.2, 0) is 14.3 Å². The second-order valence-corrected chi connectivity index (χ2v) is 11.0. The number of rotatable bonds is 6. The van der Waals surface area contributed by atoms with Crippen molar-refractivity contribution >= 4 is 28.0 Å². The number of esters is 1. The second-order valence-electron chi connectivity index (χ2n) is 9.95. The van der Waals surface area contributed by atoms with Gasteiger partial charge in [0.25, 0.3) is 0 Å². The first-order valence-corrected chi connectivity index (χ1v) is 13.3. The lowest BCUT2D eigenvalue weighted by molar-refractivity contribution is -0.146. The normalized spacial score (nSPS) is 23.0. The number of benzene rings is 2. The Kier molecular flexibility index (Phi) is 6.81. The Hall–Kier alpha value is -3.23. The monoisotopic (exact) mass is 522 g/mol. The molecule has 1 aliphatic heterocycles. The number of carbonyl (C=O) groups is 1. The SMILES string of the molecule is COC(=O)C1CCC2(C=C(c3cc(-c4sc(N)nc4C)ccc3OC(C)C)CO2)C1c1ccc(F)cc1. The van der Waals surface area contributed by atoms with Gasteiger partial charge in [-0.3, -0.25) is 4.79 Å². The number of thiazole rings is 1. The molecule has 0 radical (unpaired) electrons. The lowest BCUT2D eigenvalue weighted by Gasteiger charge is -2.31. The summed E-state index contributed by atoms with van der Waals surface area (Å²) in [6, 6.07) is 12.4. The van der Waals surface area contributed by atoms with Gasteiger partial charge in [0.05, 0.1) is 41.9 Å². The standard InChI is InChI=1S/C29H31FN2O4S/c1-16(2)36-24-10-7-19(26-17(3)32-28(31)37-26)13-23(24)20-14-29(35-15-20)12-11-22(27(33)34-4)25(29)18-5-8-21(30)9-6-18/h5-10,13-14,16,22,25H,11-12,15H2,1-4H3,(H2,31,32). The molecule has 5 rings (SSSR count). The molecule has 194 valence electrons. The molecule has 3 aromatic rings. The Morgan fingerprint density at radius 1 is 1.24 bits per heavy atom. The molecular weight excluding hydrogens is 491 g/mol. The summed E-state index contributed by atoms with van der Waals surface area (Å²) in [6.45, 7) is 6.31. The lowest BCUT2D eigenvalue weighted by Crippen LogP contribution is -2.34. The van der Waals surface area contributed by atoms with E-state index in [1.807, 2.05) is 32.9 Å². The molecule has 2 heterocycles. The maximum absolute atomic E-state index is 13.7. The van der Waals surface area contributed by atoms with Crippen LogP contribution in [0.15, 0.2) is 48.5 Å². The van der Waals surface area contributed by atoms with Crippen LogP contribution in [0, 0.1) is 18.7 Å². The van der Waals surface area contributed by atoms with E-state index in [0.717, 1.165) is 38.6 Å². The predicted octanol–water partition coefficient (Wildman–Crippen LogP) is 6.15. The average Bonchev–Trinajstić information content (AvgIpc) is 3.56. The molecule has 1 spiro atoms. The van der Waals surface area contributed by atoms with Crippen molar-refractivity contribution < 1.29 is 23.4 Å². The van der Waals surface area contributed by atoms with Crippen molar-refractivity contribution in [3.05, 3.63) is 71.2 Å². The van der Waals surface area contributed by atoms with E-state index in [0.29, 0.717) is 24.6 Å². The van der Waals surface area contributed by atoms with Gasteiger partial charge < -0.3 is 19.9 Å². The first-order valence-electron chi connectivity index (χ1n) is 12.4. The summed E-state index contributed by atoms with van der Waals surface area (Å²) in [5.41, 5.74) is 9.94. The van der Waals surface area contributed by atoms with Gasteiger partial charge in [0.2, 0.25) is 0 Å². The maximum Gasteiger partial charge on any atom is 0.309 e. The van der Waals surface area contributed by atoms with Gasteiger partial charge in [0.1, 0.15) is 11.6 Å². The van der Waals surface area contributed by atoms with Gasteiger partial charge >= 0.3 is 5.97 Å². The van der Waals surface area contributed by atoms with Gasteiger partial charge in [-0.25, -0.2) is 9.37 Å². The van der Waals surface area contributed by atoms with Crippen LogP contribution in [0.5, 0.6) is 5.75 Å². The molecule has 2 aromatic carbocycles. The molecule has 0 saturated heterocycles. The zero-order chi connectivity index (χ0) is 26.3. The minimum atomic E-state index is -0.706. The van der Waals surface area contributed by atoms with E-state index in [2.05, 4.69) is 17.1 Å². The Balaban J connectivity index is 1.60. The maximum atomic E-state index is 13.7. The molecule has 1 saturated carbocycles. The van der Waals surface area contributed by atoms with Gasteiger partial charge in [-0.15, -0.1) is 0 Å². The molecule has 6 nitrogen and oxygen atoms in total. The number of hydrogen-bond donors (Lipinski definition) is 1. The van der Waals surface area contributed by atoms with Crippen LogP contribution < -0.4 is 10.5 Å². The van der Waals surface area contributed by atoms with E-state index >= 15 is 0 Å². The highest BCUT2D eigenvalue weighted by Gasteiger charge is 2.54. The highest BCUT2D eigenvalue weighted by molar-refractivity contribution is 7.18. The smallest absolute Gasteiger partial charge is 0.309 e. The van der Waals surface area contributed by atoms with Crippen LogP contribution in [0.4, 0.5) is 9.52 Å². The van der Waals surface area contributed by atoms with Gasteiger partial charge in [0.15, 0.2) is 5.13 Å². The van der Waals surface area contributed by atoms with Crippen molar-refractivity contribution in [1.29, 1.82) is 0 Å². The number of nitrogens with two attached hydrogens (primary N) is 1. The van der Waals surface area contributed by atoms with E-state index in [1.165, 1.54) is 30.6 Å². The number of aromatic nitrogens is 1. The van der Waals surface area contributed by atoms with Crippen molar-refractivity contribution in [2.45, 2.75) is 51.2 Å². The Morgan fingerprint density at radius 2 is 2.00 bits per heavy atom. The molecule has 37 heavy (non-hydrogen) atoms. The Bertz CT molecular complexity index is 1350. The molecule has 8 heteroatoms. The summed E-state index contributed by atoms with van der Waals surface area (Å²) in [7, 11) is 1.40. The number of nitrogens with zero attached hydrogens (tertiary/aromatic N) is 1. The van der Waals surface area contributed by atoms with Crippen LogP contribution in [0.3, 0.4) is 0 Å². The topological polar surface area (TPSA) is 83.7 Å². The van der Waals surface area contributed by atoms with Gasteiger partial charge in [-0.1, -0.05) is 23.5 Å². The molecular formula is C29H31FN2O4S. The number of anilines is 1. The molecule has 2 N–H and O–H groups in total. The predicted molar refractivity (Wildman–Crippen MR) is 143 cm³/mol. The van der Waals surface area contributed by atoms with Gasteiger partial charge in [-0.05, 0) is 86.7 Å². The fourth-order valence-corrected chi connectivity index (χ4v) is 6.50. The first kappa shape index (κ1) is 25.4. The second kappa shape index (κ2) is 9.91. The minimum absolute atomic E-state index is 0.00980. The number of carbonyl (C=O) groups excluding carboxylic acids is 1. The highest BCUT2D eigenvalue weighted by Crippen LogP contribution is 2.54. The van der Waals surface area contributed by atoms with Gasteiger partial charge in [-0.2, -0.15) is 0 Å². The number of hydrogen-bond acceptors (Lipinski definition) is 7. The third kappa shape index (κ3) is 4.76. The Labute approximate surface area is 220 Å². The molecule has 0 bridgehead atoms. The van der Waals surface area contributed by atoms with Crippen LogP contribution >= 0.6 is 11.3 Å². The number of aryl methyl sites for hydroxylation is 1. The summed E-state index contributed by atoms with van der Waals surface area (Å²) in [6.07, 6.45) is 3.41. The van der Waals surface area contributed by atoms with Crippen LogP contribution in [-0.4, -0.2) is 36.4 Å². The largest absolute Gasteiger partial charge is 0.490 e. The van der Waals surface area contributed by atoms with Crippen molar-refractivity contribution in [2.75, 3.05) is 19.5 Å².